The lowest BCUT2D eigenvalue weighted by molar-refractivity contribution is 0.328. The third kappa shape index (κ3) is 2.46. The normalized spacial score (nSPS) is 16.6. The summed E-state index contributed by atoms with van der Waals surface area (Å²) < 4.78 is 4.34. The Hall–Kier alpha value is -2.10. The monoisotopic (exact) mass is 280 g/mol. The molecule has 1 aliphatic carbocycles. The van der Waals surface area contributed by atoms with Gasteiger partial charge in [0.15, 0.2) is 0 Å². The van der Waals surface area contributed by atoms with Crippen LogP contribution in [0.3, 0.4) is 0 Å². The van der Waals surface area contributed by atoms with Crippen LogP contribution in [0.15, 0.2) is 42.9 Å². The number of rotatable bonds is 3. The van der Waals surface area contributed by atoms with Crippen LogP contribution < -0.4 is 0 Å². The van der Waals surface area contributed by atoms with E-state index in [1.54, 1.807) is 0 Å². The van der Waals surface area contributed by atoms with Gasteiger partial charge in [-0.25, -0.2) is 4.98 Å². The lowest BCUT2D eigenvalue weighted by Gasteiger charge is -2.21. The van der Waals surface area contributed by atoms with Gasteiger partial charge in [-0.15, -0.1) is 0 Å². The molecule has 1 saturated carbocycles. The molecule has 2 heterocycles. The molecule has 1 fully saturated rings. The van der Waals surface area contributed by atoms with E-state index in [1.807, 2.05) is 18.5 Å². The van der Waals surface area contributed by atoms with E-state index in [1.165, 1.54) is 37.6 Å². The van der Waals surface area contributed by atoms with Gasteiger partial charge >= 0.3 is 0 Å². The molecule has 21 heavy (non-hydrogen) atoms. The third-order valence-electron chi connectivity index (χ3n) is 4.47. The van der Waals surface area contributed by atoms with Gasteiger partial charge in [-0.2, -0.15) is 5.10 Å². The second kappa shape index (κ2) is 5.35. The Bertz CT molecular complexity index is 734. The summed E-state index contributed by atoms with van der Waals surface area (Å²) in [5.41, 5.74) is 3.33. The Kier molecular flexibility index (Phi) is 3.22. The fourth-order valence-electron chi connectivity index (χ4n) is 3.32. The largest absolute Gasteiger partial charge is 0.324 e. The smallest absolute Gasteiger partial charge is 0.0962 e. The van der Waals surface area contributed by atoms with Crippen molar-refractivity contribution < 1.29 is 0 Å². The van der Waals surface area contributed by atoms with Gasteiger partial charge in [0.05, 0.1) is 35.6 Å². The first-order valence-corrected chi connectivity index (χ1v) is 7.84. The minimum absolute atomic E-state index is 0.604. The number of imidazole rings is 1. The van der Waals surface area contributed by atoms with Gasteiger partial charge in [0.1, 0.15) is 0 Å². The minimum atomic E-state index is 0.604. The van der Waals surface area contributed by atoms with Crippen molar-refractivity contribution in [1.82, 2.24) is 19.3 Å². The van der Waals surface area contributed by atoms with Crippen LogP contribution in [-0.4, -0.2) is 19.3 Å². The highest BCUT2D eigenvalue weighted by atomic mass is 15.3. The fraction of sp³-hybridized carbons (Fsp3) is 0.412. The van der Waals surface area contributed by atoms with Crippen LogP contribution in [0.4, 0.5) is 0 Å². The summed E-state index contributed by atoms with van der Waals surface area (Å²) >= 11 is 0. The van der Waals surface area contributed by atoms with Gasteiger partial charge in [0, 0.05) is 6.20 Å². The minimum Gasteiger partial charge on any atom is -0.324 e. The Labute approximate surface area is 124 Å². The second-order valence-corrected chi connectivity index (χ2v) is 5.94. The van der Waals surface area contributed by atoms with Crippen molar-refractivity contribution in [2.75, 3.05) is 0 Å². The molecule has 0 aliphatic heterocycles. The lowest BCUT2D eigenvalue weighted by atomic mass is 9.96. The molecule has 108 valence electrons. The van der Waals surface area contributed by atoms with E-state index in [2.05, 4.69) is 38.6 Å². The van der Waals surface area contributed by atoms with Crippen LogP contribution in [0.1, 0.15) is 43.8 Å². The van der Waals surface area contributed by atoms with Gasteiger partial charge in [0.25, 0.3) is 0 Å². The van der Waals surface area contributed by atoms with Crippen LogP contribution in [0, 0.1) is 0 Å². The zero-order valence-corrected chi connectivity index (χ0v) is 12.2. The molecule has 4 heteroatoms. The number of hydrogen-bond acceptors (Lipinski definition) is 2. The van der Waals surface area contributed by atoms with E-state index < -0.39 is 0 Å². The predicted molar refractivity (Wildman–Crippen MR) is 83.2 cm³/mol. The van der Waals surface area contributed by atoms with Crippen molar-refractivity contribution in [1.29, 1.82) is 0 Å². The van der Waals surface area contributed by atoms with Crippen molar-refractivity contribution in [3.63, 3.8) is 0 Å². The van der Waals surface area contributed by atoms with E-state index in [4.69, 9.17) is 5.10 Å². The SMILES string of the molecule is c1ccc2c(c1)ncn2Cc1ccn(C2CCCCC2)n1. The van der Waals surface area contributed by atoms with Crippen LogP contribution in [0.25, 0.3) is 11.0 Å². The number of nitrogens with zero attached hydrogens (tertiary/aromatic N) is 4. The molecule has 1 aromatic carbocycles. The zero-order chi connectivity index (χ0) is 14.1. The van der Waals surface area contributed by atoms with Gasteiger partial charge in [-0.3, -0.25) is 4.68 Å². The molecule has 1 aliphatic rings. The quantitative estimate of drug-likeness (QED) is 0.732. The van der Waals surface area contributed by atoms with Crippen LogP contribution in [0.2, 0.25) is 0 Å². The summed E-state index contributed by atoms with van der Waals surface area (Å²) in [6.07, 6.45) is 10.7. The summed E-state index contributed by atoms with van der Waals surface area (Å²) in [7, 11) is 0. The van der Waals surface area contributed by atoms with Gasteiger partial charge in [-0.05, 0) is 31.0 Å². The summed E-state index contributed by atoms with van der Waals surface area (Å²) in [5.74, 6) is 0. The van der Waals surface area contributed by atoms with Gasteiger partial charge in [-0.1, -0.05) is 31.4 Å². The molecule has 2 aromatic heterocycles. The first-order valence-electron chi connectivity index (χ1n) is 7.84. The average Bonchev–Trinajstić information content (AvgIpc) is 3.17. The van der Waals surface area contributed by atoms with Crippen molar-refractivity contribution in [3.8, 4) is 0 Å². The predicted octanol–water partition coefficient (Wildman–Crippen LogP) is 3.79. The number of aromatic nitrogens is 4. The average molecular weight is 280 g/mol. The molecule has 4 rings (SSSR count). The Balaban J connectivity index is 1.56. The molecule has 0 atom stereocenters. The zero-order valence-electron chi connectivity index (χ0n) is 12.2. The van der Waals surface area contributed by atoms with Crippen LogP contribution in [-0.2, 0) is 6.54 Å². The molecule has 0 unspecified atom stereocenters. The van der Waals surface area contributed by atoms with E-state index >= 15 is 0 Å². The number of para-hydroxylation sites is 2. The standard InChI is InChI=1S/C17H20N4/c1-2-6-15(7-3-1)21-11-10-14(19-21)12-20-13-18-16-8-4-5-9-17(16)20/h4-5,8-11,13,15H,1-3,6-7,12H2. The molecule has 0 saturated heterocycles. The Morgan fingerprint density at radius 1 is 1.05 bits per heavy atom. The summed E-state index contributed by atoms with van der Waals surface area (Å²) in [6.45, 7) is 0.792. The first kappa shape index (κ1) is 12.6. The number of hydrogen-bond donors (Lipinski definition) is 0. The molecule has 3 aromatic rings. The van der Waals surface area contributed by atoms with E-state index in [-0.39, 0.29) is 0 Å². The third-order valence-corrected chi connectivity index (χ3v) is 4.47. The summed E-state index contributed by atoms with van der Waals surface area (Å²) in [5, 5.41) is 4.78. The number of fused-ring (bicyclic) bond motifs is 1. The van der Waals surface area contributed by atoms with Crippen LogP contribution in [0.5, 0.6) is 0 Å². The van der Waals surface area contributed by atoms with Crippen molar-refractivity contribution >= 4 is 11.0 Å². The fourth-order valence-corrected chi connectivity index (χ4v) is 3.32. The Morgan fingerprint density at radius 2 is 1.90 bits per heavy atom. The highest BCUT2D eigenvalue weighted by molar-refractivity contribution is 5.74. The highest BCUT2D eigenvalue weighted by Crippen LogP contribution is 2.27. The molecule has 0 amide bonds. The molecule has 0 N–H and O–H groups in total. The van der Waals surface area contributed by atoms with Crippen LogP contribution >= 0.6 is 0 Å². The van der Waals surface area contributed by atoms with E-state index in [9.17, 15) is 0 Å². The summed E-state index contributed by atoms with van der Waals surface area (Å²) in [4.78, 5) is 4.44. The summed E-state index contributed by atoms with van der Waals surface area (Å²) in [6, 6.07) is 11.0. The Morgan fingerprint density at radius 3 is 2.81 bits per heavy atom. The second-order valence-electron chi connectivity index (χ2n) is 5.94. The van der Waals surface area contributed by atoms with Crippen molar-refractivity contribution in [2.24, 2.45) is 0 Å². The molecular weight excluding hydrogens is 260 g/mol. The molecule has 0 spiro atoms. The maximum atomic E-state index is 4.78. The molecule has 0 radical (unpaired) electrons. The number of benzene rings is 1. The van der Waals surface area contributed by atoms with Crippen molar-refractivity contribution in [2.45, 2.75) is 44.7 Å². The lowest BCUT2D eigenvalue weighted by Crippen LogP contribution is -2.13. The van der Waals surface area contributed by atoms with Gasteiger partial charge in [0.2, 0.25) is 0 Å². The highest BCUT2D eigenvalue weighted by Gasteiger charge is 2.16. The maximum absolute atomic E-state index is 4.78. The topological polar surface area (TPSA) is 35.6 Å². The first-order chi connectivity index (χ1) is 10.4. The van der Waals surface area contributed by atoms with E-state index in [0.29, 0.717) is 6.04 Å². The van der Waals surface area contributed by atoms with Gasteiger partial charge < -0.3 is 4.57 Å². The molecule has 4 nitrogen and oxygen atoms in total. The maximum Gasteiger partial charge on any atom is 0.0962 e. The molecule has 0 bridgehead atoms. The molecular formula is C17H20N4. The van der Waals surface area contributed by atoms with Crippen molar-refractivity contribution in [3.05, 3.63) is 48.5 Å². The van der Waals surface area contributed by atoms with E-state index in [0.717, 1.165) is 17.8 Å².